The van der Waals surface area contributed by atoms with Crippen molar-refractivity contribution in [3.8, 4) is 22.4 Å². The van der Waals surface area contributed by atoms with Gasteiger partial charge in [-0.1, -0.05) is 6.07 Å². The molecule has 1 N–H and O–H groups in total. The van der Waals surface area contributed by atoms with Gasteiger partial charge in [0.05, 0.1) is 17.5 Å². The lowest BCUT2D eigenvalue weighted by Gasteiger charge is -2.12. The molecule has 0 unspecified atom stereocenters. The second-order valence-electron chi connectivity index (χ2n) is 7.11. The third-order valence-corrected chi connectivity index (χ3v) is 4.80. The van der Waals surface area contributed by atoms with E-state index in [4.69, 9.17) is 0 Å². The lowest BCUT2D eigenvalue weighted by atomic mass is 9.99. The van der Waals surface area contributed by atoms with Crippen molar-refractivity contribution >= 4 is 11.6 Å². The molecule has 1 aromatic carbocycles. The number of nitrogens with zero attached hydrogens (tertiary/aromatic N) is 4. The minimum Gasteiger partial charge on any atom is -0.321 e. The first-order chi connectivity index (χ1) is 15.7. The van der Waals surface area contributed by atoms with Crippen LogP contribution in [0.1, 0.15) is 21.6 Å². The van der Waals surface area contributed by atoms with Gasteiger partial charge in [0.25, 0.3) is 5.91 Å². The fourth-order valence-electron chi connectivity index (χ4n) is 3.16. The summed E-state index contributed by atoms with van der Waals surface area (Å²) in [5, 5.41) is 9.31. The summed E-state index contributed by atoms with van der Waals surface area (Å²) >= 11 is 0. The lowest BCUT2D eigenvalue weighted by molar-refractivity contribution is -0.137. The van der Waals surface area contributed by atoms with E-state index in [1.54, 1.807) is 42.6 Å². The monoisotopic (exact) mass is 453 g/mol. The molecule has 3 heterocycles. The second-order valence-corrected chi connectivity index (χ2v) is 7.11. The van der Waals surface area contributed by atoms with Crippen LogP contribution in [0.25, 0.3) is 22.4 Å². The van der Waals surface area contributed by atoms with Crippen LogP contribution in [0.3, 0.4) is 0 Å². The van der Waals surface area contributed by atoms with Gasteiger partial charge in [-0.15, -0.1) is 5.10 Å². The van der Waals surface area contributed by atoms with Gasteiger partial charge in [-0.25, -0.2) is 4.98 Å². The van der Waals surface area contributed by atoms with Crippen LogP contribution in [-0.4, -0.2) is 26.1 Å². The SMILES string of the molecule is Cc1ccc(NC(=O)c2cc(C(F)(F)F)cnn2)cc1-c1ccnc(-c2ccnc(F)c2)c1. The van der Waals surface area contributed by atoms with Crippen molar-refractivity contribution in [1.29, 1.82) is 0 Å². The largest absolute Gasteiger partial charge is 0.418 e. The van der Waals surface area contributed by atoms with Crippen molar-refractivity contribution in [2.45, 2.75) is 13.1 Å². The van der Waals surface area contributed by atoms with Gasteiger partial charge in [0.15, 0.2) is 5.69 Å². The zero-order chi connectivity index (χ0) is 23.6. The van der Waals surface area contributed by atoms with Gasteiger partial charge in [0.1, 0.15) is 0 Å². The Balaban J connectivity index is 1.63. The first-order valence-electron chi connectivity index (χ1n) is 9.61. The summed E-state index contributed by atoms with van der Waals surface area (Å²) in [6.07, 6.45) is -1.17. The van der Waals surface area contributed by atoms with Crippen LogP contribution in [0.4, 0.5) is 23.2 Å². The normalized spacial score (nSPS) is 11.3. The number of amides is 1. The van der Waals surface area contributed by atoms with Crippen molar-refractivity contribution in [2.75, 3.05) is 5.32 Å². The van der Waals surface area contributed by atoms with Gasteiger partial charge in [-0.3, -0.25) is 9.78 Å². The number of hydrogen-bond acceptors (Lipinski definition) is 5. The molecule has 0 radical (unpaired) electrons. The van der Waals surface area contributed by atoms with Gasteiger partial charge in [0, 0.05) is 29.7 Å². The van der Waals surface area contributed by atoms with E-state index in [-0.39, 0.29) is 0 Å². The fourth-order valence-corrected chi connectivity index (χ4v) is 3.16. The molecular formula is C23H15F4N5O. The molecule has 166 valence electrons. The number of carbonyl (C=O) groups excluding carboxylic acids is 1. The number of aryl methyl sites for hydroxylation is 1. The van der Waals surface area contributed by atoms with Crippen LogP contribution in [0.2, 0.25) is 0 Å². The first-order valence-corrected chi connectivity index (χ1v) is 9.61. The van der Waals surface area contributed by atoms with Crippen molar-refractivity contribution < 1.29 is 22.4 Å². The zero-order valence-electron chi connectivity index (χ0n) is 17.1. The van der Waals surface area contributed by atoms with E-state index in [9.17, 15) is 22.4 Å². The minimum absolute atomic E-state index is 0.355. The summed E-state index contributed by atoms with van der Waals surface area (Å²) < 4.78 is 52.2. The molecule has 4 rings (SSSR count). The summed E-state index contributed by atoms with van der Waals surface area (Å²) in [6, 6.07) is 12.1. The Hall–Kier alpha value is -4.21. The predicted octanol–water partition coefficient (Wildman–Crippen LogP) is 5.32. The van der Waals surface area contributed by atoms with Crippen LogP contribution in [0, 0.1) is 12.9 Å². The summed E-state index contributed by atoms with van der Waals surface area (Å²) in [7, 11) is 0. The van der Waals surface area contributed by atoms with Crippen molar-refractivity contribution in [1.82, 2.24) is 20.2 Å². The summed E-state index contributed by atoms with van der Waals surface area (Å²) in [5.74, 6) is -1.45. The maximum Gasteiger partial charge on any atom is 0.418 e. The van der Waals surface area contributed by atoms with Gasteiger partial charge < -0.3 is 5.32 Å². The zero-order valence-corrected chi connectivity index (χ0v) is 17.1. The lowest BCUT2D eigenvalue weighted by Crippen LogP contribution is -2.16. The highest BCUT2D eigenvalue weighted by atomic mass is 19.4. The highest BCUT2D eigenvalue weighted by Crippen LogP contribution is 2.30. The number of benzene rings is 1. The van der Waals surface area contributed by atoms with Crippen LogP contribution in [0.5, 0.6) is 0 Å². The molecule has 0 aliphatic carbocycles. The molecule has 0 saturated heterocycles. The Morgan fingerprint density at radius 2 is 1.70 bits per heavy atom. The first kappa shape index (κ1) is 22.0. The average molecular weight is 453 g/mol. The van der Waals surface area contributed by atoms with E-state index >= 15 is 0 Å². The number of alkyl halides is 3. The van der Waals surface area contributed by atoms with E-state index in [1.807, 2.05) is 6.92 Å². The maximum absolute atomic E-state index is 13.5. The van der Waals surface area contributed by atoms with Gasteiger partial charge in [-0.2, -0.15) is 22.7 Å². The Kier molecular flexibility index (Phi) is 5.82. The molecule has 3 aromatic heterocycles. The minimum atomic E-state index is -4.64. The number of aromatic nitrogens is 4. The van der Waals surface area contributed by atoms with Gasteiger partial charge in [0.2, 0.25) is 5.95 Å². The number of pyridine rings is 2. The number of carbonyl (C=O) groups is 1. The molecule has 33 heavy (non-hydrogen) atoms. The summed E-state index contributed by atoms with van der Waals surface area (Å²) in [4.78, 5) is 20.3. The Morgan fingerprint density at radius 3 is 2.45 bits per heavy atom. The molecule has 0 saturated carbocycles. The Labute approximate surface area is 185 Å². The quantitative estimate of drug-likeness (QED) is 0.334. The molecule has 1 amide bonds. The molecule has 10 heteroatoms. The van der Waals surface area contributed by atoms with E-state index < -0.39 is 29.3 Å². The van der Waals surface area contributed by atoms with Crippen LogP contribution < -0.4 is 5.32 Å². The number of nitrogens with one attached hydrogen (secondary N) is 1. The number of hydrogen-bond donors (Lipinski definition) is 1. The predicted molar refractivity (Wildman–Crippen MR) is 113 cm³/mol. The van der Waals surface area contributed by atoms with Crippen molar-refractivity contribution in [2.24, 2.45) is 0 Å². The molecule has 0 spiro atoms. The van der Waals surface area contributed by atoms with Crippen molar-refractivity contribution in [3.63, 3.8) is 0 Å². The number of anilines is 1. The van der Waals surface area contributed by atoms with Crippen LogP contribution >= 0.6 is 0 Å². The molecular weight excluding hydrogens is 438 g/mol. The maximum atomic E-state index is 13.5. The van der Waals surface area contributed by atoms with Crippen LogP contribution in [0.15, 0.2) is 67.1 Å². The Bertz CT molecular complexity index is 1340. The van der Waals surface area contributed by atoms with Gasteiger partial charge >= 0.3 is 6.18 Å². The van der Waals surface area contributed by atoms with E-state index in [0.717, 1.165) is 16.7 Å². The average Bonchev–Trinajstić information content (AvgIpc) is 2.80. The molecule has 0 fully saturated rings. The van der Waals surface area contributed by atoms with E-state index in [1.165, 1.54) is 12.3 Å². The summed E-state index contributed by atoms with van der Waals surface area (Å²) in [5.41, 5.74) is 2.29. The number of rotatable bonds is 4. The Morgan fingerprint density at radius 1 is 0.939 bits per heavy atom. The highest BCUT2D eigenvalue weighted by molar-refractivity contribution is 6.03. The van der Waals surface area contributed by atoms with Crippen LogP contribution in [-0.2, 0) is 6.18 Å². The molecule has 0 aliphatic rings. The smallest absolute Gasteiger partial charge is 0.321 e. The third-order valence-electron chi connectivity index (χ3n) is 4.80. The van der Waals surface area contributed by atoms with Gasteiger partial charge in [-0.05, 0) is 60.0 Å². The standard InChI is InChI=1S/C23H15F4N5O/c1-13-2-3-17(31-22(33)20-10-16(12-30-32-20)23(25,26)27)11-18(13)14-4-6-28-19(8-14)15-5-7-29-21(24)9-15/h2-12H,1H3,(H,31,33). The second kappa shape index (κ2) is 8.73. The summed E-state index contributed by atoms with van der Waals surface area (Å²) in [6.45, 7) is 1.87. The topological polar surface area (TPSA) is 80.7 Å². The number of halogens is 4. The molecule has 4 aromatic rings. The van der Waals surface area contributed by atoms with E-state index in [2.05, 4.69) is 25.5 Å². The fraction of sp³-hybridized carbons (Fsp3) is 0.0870. The molecule has 6 nitrogen and oxygen atoms in total. The molecule has 0 atom stereocenters. The third kappa shape index (κ3) is 5.00. The molecule has 0 aliphatic heterocycles. The highest BCUT2D eigenvalue weighted by Gasteiger charge is 2.32. The van der Waals surface area contributed by atoms with Crippen molar-refractivity contribution in [3.05, 3.63) is 89.9 Å². The van der Waals surface area contributed by atoms with E-state index in [0.29, 0.717) is 29.2 Å². The molecule has 0 bridgehead atoms.